The van der Waals surface area contributed by atoms with Crippen molar-refractivity contribution in [2.24, 2.45) is 0 Å². The molecule has 1 aromatic rings. The van der Waals surface area contributed by atoms with Gasteiger partial charge in [0, 0.05) is 0 Å². The van der Waals surface area contributed by atoms with E-state index in [9.17, 15) is 4.79 Å². The molecule has 66 valence electrons. The number of rotatable bonds is 3. The molecule has 0 bridgehead atoms. The lowest BCUT2D eigenvalue weighted by atomic mass is 10.6. The zero-order valence-electron chi connectivity index (χ0n) is 6.92. The molecule has 0 atom stereocenters. The van der Waals surface area contributed by atoms with E-state index >= 15 is 0 Å². The molecule has 12 heavy (non-hydrogen) atoms. The predicted octanol–water partition coefficient (Wildman–Crippen LogP) is -0.206. The molecular weight excluding hydrogens is 160 g/mol. The summed E-state index contributed by atoms with van der Waals surface area (Å²) in [4.78, 5) is 19.5. The van der Waals surface area contributed by atoms with Crippen molar-refractivity contribution in [3.8, 4) is 0 Å². The smallest absolute Gasteiger partial charge is 0.274 e. The molecule has 0 aliphatic heterocycles. The van der Waals surface area contributed by atoms with Gasteiger partial charge in [-0.05, 0) is 13.8 Å². The number of hydroxylamine groups is 1. The van der Waals surface area contributed by atoms with Gasteiger partial charge in [0.25, 0.3) is 0 Å². The van der Waals surface area contributed by atoms with Gasteiger partial charge in [-0.3, -0.25) is 14.7 Å². The molecule has 0 aliphatic carbocycles. The van der Waals surface area contributed by atoms with Crippen LogP contribution >= 0.6 is 0 Å². The van der Waals surface area contributed by atoms with Gasteiger partial charge in [-0.2, -0.15) is 0 Å². The van der Waals surface area contributed by atoms with Gasteiger partial charge in [0.2, 0.25) is 5.82 Å². The van der Waals surface area contributed by atoms with Crippen molar-refractivity contribution in [3.63, 3.8) is 0 Å². The van der Waals surface area contributed by atoms with Crippen LogP contribution in [0.3, 0.4) is 0 Å². The van der Waals surface area contributed by atoms with Crippen LogP contribution in [0.4, 0.5) is 0 Å². The van der Waals surface area contributed by atoms with E-state index in [1.807, 2.05) is 0 Å². The third-order valence-electron chi connectivity index (χ3n) is 1.11. The van der Waals surface area contributed by atoms with Crippen LogP contribution in [0.2, 0.25) is 0 Å². The zero-order valence-corrected chi connectivity index (χ0v) is 6.92. The number of carbonyl (C=O) groups excluding carboxylic acids is 1. The largest absolute Gasteiger partial charge is 0.314 e. The summed E-state index contributed by atoms with van der Waals surface area (Å²) in [5.41, 5.74) is 2.18. The van der Waals surface area contributed by atoms with Crippen molar-refractivity contribution in [1.82, 2.24) is 20.7 Å². The van der Waals surface area contributed by atoms with E-state index in [0.29, 0.717) is 12.4 Å². The van der Waals surface area contributed by atoms with Crippen LogP contribution in [-0.4, -0.2) is 27.7 Å². The Morgan fingerprint density at radius 3 is 3.00 bits per heavy atom. The first-order chi connectivity index (χ1) is 5.74. The van der Waals surface area contributed by atoms with Gasteiger partial charge in [0.15, 0.2) is 0 Å². The Bertz CT molecular complexity index is 270. The zero-order chi connectivity index (χ0) is 8.97. The predicted molar refractivity (Wildman–Crippen MR) is 40.2 cm³/mol. The minimum absolute atomic E-state index is 0.0842. The van der Waals surface area contributed by atoms with Gasteiger partial charge < -0.3 is 0 Å². The number of nitrogens with one attached hydrogen (secondary N) is 2. The first-order valence-electron chi connectivity index (χ1n) is 3.55. The van der Waals surface area contributed by atoms with Crippen LogP contribution in [0.5, 0.6) is 0 Å². The fourth-order valence-corrected chi connectivity index (χ4v) is 0.628. The normalized spacial score (nSPS) is 9.83. The maximum atomic E-state index is 11.0. The molecule has 0 aromatic carbocycles. The second-order valence-electron chi connectivity index (χ2n) is 2.11. The maximum Gasteiger partial charge on any atom is 0.314 e. The van der Waals surface area contributed by atoms with Gasteiger partial charge in [0.05, 0.1) is 6.61 Å². The van der Waals surface area contributed by atoms with Gasteiger partial charge in [0.1, 0.15) is 5.82 Å². The highest BCUT2D eigenvalue weighted by Gasteiger charge is 2.09. The molecule has 1 amide bonds. The number of aromatic amines is 1. The van der Waals surface area contributed by atoms with Crippen molar-refractivity contribution in [2.75, 3.05) is 6.61 Å². The molecule has 6 heteroatoms. The Labute approximate surface area is 69.3 Å². The number of hydrogen-bond acceptors (Lipinski definition) is 4. The second-order valence-corrected chi connectivity index (χ2v) is 2.11. The SMILES string of the molecule is CCONC(=O)c1n[nH]c(C)n1. The van der Waals surface area contributed by atoms with Crippen LogP contribution in [-0.2, 0) is 4.84 Å². The van der Waals surface area contributed by atoms with Crippen LogP contribution in [0.25, 0.3) is 0 Å². The molecule has 1 aromatic heterocycles. The lowest BCUT2D eigenvalue weighted by molar-refractivity contribution is 0.0355. The third kappa shape index (κ3) is 2.03. The molecule has 6 nitrogen and oxygen atoms in total. The molecule has 0 radical (unpaired) electrons. The molecule has 0 saturated heterocycles. The molecule has 0 saturated carbocycles. The number of nitrogens with zero attached hydrogens (tertiary/aromatic N) is 2. The van der Waals surface area contributed by atoms with E-state index in [-0.39, 0.29) is 5.82 Å². The number of aromatic nitrogens is 3. The minimum Gasteiger partial charge on any atom is -0.274 e. The monoisotopic (exact) mass is 170 g/mol. The third-order valence-corrected chi connectivity index (χ3v) is 1.11. The average Bonchev–Trinajstić information content (AvgIpc) is 2.47. The first-order valence-corrected chi connectivity index (χ1v) is 3.55. The Hall–Kier alpha value is -1.43. The summed E-state index contributed by atoms with van der Waals surface area (Å²) < 4.78 is 0. The summed E-state index contributed by atoms with van der Waals surface area (Å²) >= 11 is 0. The van der Waals surface area contributed by atoms with Crippen LogP contribution in [0, 0.1) is 6.92 Å². The number of aryl methyl sites for hydroxylation is 1. The average molecular weight is 170 g/mol. The second kappa shape index (κ2) is 3.82. The Kier molecular flexibility index (Phi) is 2.76. The van der Waals surface area contributed by atoms with E-state index in [4.69, 9.17) is 0 Å². The Balaban J connectivity index is 2.53. The Morgan fingerprint density at radius 1 is 1.75 bits per heavy atom. The van der Waals surface area contributed by atoms with Gasteiger partial charge in [-0.1, -0.05) is 0 Å². The van der Waals surface area contributed by atoms with E-state index in [0.717, 1.165) is 0 Å². The summed E-state index contributed by atoms with van der Waals surface area (Å²) in [6.45, 7) is 3.89. The van der Waals surface area contributed by atoms with Gasteiger partial charge in [-0.15, -0.1) is 5.10 Å². The molecule has 0 fully saturated rings. The van der Waals surface area contributed by atoms with Gasteiger partial charge >= 0.3 is 5.91 Å². The maximum absolute atomic E-state index is 11.0. The van der Waals surface area contributed by atoms with Crippen LogP contribution in [0.1, 0.15) is 23.4 Å². The fourth-order valence-electron chi connectivity index (χ4n) is 0.628. The van der Waals surface area contributed by atoms with Crippen molar-refractivity contribution in [3.05, 3.63) is 11.6 Å². The fraction of sp³-hybridized carbons (Fsp3) is 0.500. The summed E-state index contributed by atoms with van der Waals surface area (Å²) in [6.07, 6.45) is 0. The van der Waals surface area contributed by atoms with Crippen LogP contribution in [0.15, 0.2) is 0 Å². The summed E-state index contributed by atoms with van der Waals surface area (Å²) in [6, 6.07) is 0. The topological polar surface area (TPSA) is 79.9 Å². The van der Waals surface area contributed by atoms with Crippen molar-refractivity contribution < 1.29 is 9.63 Å². The van der Waals surface area contributed by atoms with Gasteiger partial charge in [-0.25, -0.2) is 10.5 Å². The number of hydrogen-bond donors (Lipinski definition) is 2. The molecular formula is C6H10N4O2. The summed E-state index contributed by atoms with van der Waals surface area (Å²) in [7, 11) is 0. The highest BCUT2D eigenvalue weighted by atomic mass is 16.6. The quantitative estimate of drug-likeness (QED) is 0.615. The standard InChI is InChI=1S/C6H10N4O2/c1-3-12-10-6(11)5-7-4(2)8-9-5/h3H2,1-2H3,(H,10,11)(H,7,8,9). The Morgan fingerprint density at radius 2 is 2.50 bits per heavy atom. The van der Waals surface area contributed by atoms with E-state index in [1.54, 1.807) is 13.8 Å². The number of carbonyl (C=O) groups is 1. The first kappa shape index (κ1) is 8.66. The van der Waals surface area contributed by atoms with Crippen molar-refractivity contribution in [2.45, 2.75) is 13.8 Å². The lowest BCUT2D eigenvalue weighted by Gasteiger charge is -1.98. The molecule has 0 spiro atoms. The summed E-state index contributed by atoms with van der Waals surface area (Å²) in [5, 5.41) is 6.19. The highest BCUT2D eigenvalue weighted by Crippen LogP contribution is 1.89. The number of amides is 1. The van der Waals surface area contributed by atoms with E-state index < -0.39 is 5.91 Å². The van der Waals surface area contributed by atoms with Crippen molar-refractivity contribution in [1.29, 1.82) is 0 Å². The van der Waals surface area contributed by atoms with Crippen LogP contribution < -0.4 is 5.48 Å². The van der Waals surface area contributed by atoms with Crippen molar-refractivity contribution >= 4 is 5.91 Å². The molecule has 2 N–H and O–H groups in total. The molecule has 0 unspecified atom stereocenters. The minimum atomic E-state index is -0.443. The van der Waals surface area contributed by atoms with E-state index in [2.05, 4.69) is 25.5 Å². The molecule has 0 aliphatic rings. The highest BCUT2D eigenvalue weighted by molar-refractivity contribution is 5.89. The molecule has 1 rings (SSSR count). The summed E-state index contributed by atoms with van der Waals surface area (Å²) in [5.74, 6) is 0.235. The lowest BCUT2D eigenvalue weighted by Crippen LogP contribution is -2.24. The molecule has 1 heterocycles. The van der Waals surface area contributed by atoms with E-state index in [1.165, 1.54) is 0 Å². The number of H-pyrrole nitrogens is 1.